The van der Waals surface area contributed by atoms with E-state index in [2.05, 4.69) is 59.3 Å². The number of aromatic nitrogens is 3. The zero-order chi connectivity index (χ0) is 15.8. The molecule has 118 valence electrons. The lowest BCUT2D eigenvalue weighted by molar-refractivity contribution is 0.312. The van der Waals surface area contributed by atoms with Gasteiger partial charge in [-0.3, -0.25) is 4.40 Å². The van der Waals surface area contributed by atoms with Crippen molar-refractivity contribution in [3.05, 3.63) is 47.3 Å². The zero-order valence-electron chi connectivity index (χ0n) is 13.0. The van der Waals surface area contributed by atoms with Gasteiger partial charge in [0.05, 0.1) is 11.9 Å². The van der Waals surface area contributed by atoms with Crippen LogP contribution < -0.4 is 4.90 Å². The van der Waals surface area contributed by atoms with E-state index in [9.17, 15) is 0 Å². The summed E-state index contributed by atoms with van der Waals surface area (Å²) in [6.07, 6.45) is 5.87. The van der Waals surface area contributed by atoms with Gasteiger partial charge in [-0.25, -0.2) is 9.97 Å². The number of halogens is 1. The number of rotatable bonds is 2. The minimum absolute atomic E-state index is 0.936. The number of pyridine rings is 2. The van der Waals surface area contributed by atoms with E-state index >= 15 is 0 Å². The molecule has 0 aliphatic carbocycles. The van der Waals surface area contributed by atoms with Crippen LogP contribution in [0.25, 0.3) is 16.9 Å². The van der Waals surface area contributed by atoms with E-state index in [4.69, 9.17) is 0 Å². The van der Waals surface area contributed by atoms with E-state index in [0.717, 1.165) is 53.4 Å². The maximum Gasteiger partial charge on any atom is 0.137 e. The summed E-state index contributed by atoms with van der Waals surface area (Å²) in [5, 5.41) is 0. The quantitative estimate of drug-likeness (QED) is 0.693. The van der Waals surface area contributed by atoms with Crippen molar-refractivity contribution in [3.63, 3.8) is 0 Å². The summed E-state index contributed by atoms with van der Waals surface area (Å²) in [5.74, 6) is 1.05. The Morgan fingerprint density at radius 1 is 0.957 bits per heavy atom. The second-order valence-corrected chi connectivity index (χ2v) is 6.83. The monoisotopic (exact) mass is 371 g/mol. The third kappa shape index (κ3) is 2.84. The summed E-state index contributed by atoms with van der Waals surface area (Å²) in [4.78, 5) is 13.8. The number of imidazole rings is 1. The first-order valence-electron chi connectivity index (χ1n) is 7.73. The van der Waals surface area contributed by atoms with Crippen LogP contribution in [0.4, 0.5) is 5.82 Å². The molecular formula is C17H18BrN5. The summed E-state index contributed by atoms with van der Waals surface area (Å²) in [7, 11) is 2.16. The molecule has 0 spiro atoms. The number of likely N-dealkylation sites (N-methyl/N-ethyl adjacent to an activating group) is 1. The zero-order valence-corrected chi connectivity index (χ0v) is 14.6. The summed E-state index contributed by atoms with van der Waals surface area (Å²) in [5.41, 5.74) is 3.07. The van der Waals surface area contributed by atoms with Gasteiger partial charge in [0.25, 0.3) is 0 Å². The molecule has 23 heavy (non-hydrogen) atoms. The summed E-state index contributed by atoms with van der Waals surface area (Å²) in [6.45, 7) is 4.24. The van der Waals surface area contributed by atoms with Crippen molar-refractivity contribution in [1.82, 2.24) is 19.3 Å². The third-order valence-corrected chi connectivity index (χ3v) is 4.81. The molecule has 3 aromatic rings. The molecule has 4 rings (SSSR count). The Bertz CT molecular complexity index is 819. The molecule has 0 aromatic carbocycles. The van der Waals surface area contributed by atoms with Crippen molar-refractivity contribution in [2.24, 2.45) is 0 Å². The van der Waals surface area contributed by atoms with Crippen LogP contribution in [0.5, 0.6) is 0 Å². The number of anilines is 1. The van der Waals surface area contributed by atoms with Crippen molar-refractivity contribution in [1.29, 1.82) is 0 Å². The van der Waals surface area contributed by atoms with Crippen molar-refractivity contribution in [2.75, 3.05) is 38.1 Å². The number of hydrogen-bond acceptors (Lipinski definition) is 4. The Morgan fingerprint density at radius 3 is 2.52 bits per heavy atom. The van der Waals surface area contributed by atoms with E-state index in [0.29, 0.717) is 0 Å². The molecule has 1 aliphatic rings. The molecule has 0 radical (unpaired) electrons. The standard InChI is InChI=1S/C17H18BrN5/c1-21-6-8-22(9-7-21)16-4-2-13(10-19-16)15-11-20-17-5-3-14(18)12-23(15)17/h2-5,10-12H,6-9H2,1H3. The fourth-order valence-electron chi connectivity index (χ4n) is 2.93. The number of fused-ring (bicyclic) bond motifs is 1. The highest BCUT2D eigenvalue weighted by atomic mass is 79.9. The van der Waals surface area contributed by atoms with Gasteiger partial charge in [0.2, 0.25) is 0 Å². The lowest BCUT2D eigenvalue weighted by atomic mass is 10.2. The van der Waals surface area contributed by atoms with E-state index in [-0.39, 0.29) is 0 Å². The van der Waals surface area contributed by atoms with Gasteiger partial charge in [0, 0.05) is 48.6 Å². The smallest absolute Gasteiger partial charge is 0.137 e. The Balaban J connectivity index is 1.63. The summed E-state index contributed by atoms with van der Waals surface area (Å²) in [6, 6.07) is 8.24. The maximum absolute atomic E-state index is 4.67. The molecule has 6 heteroatoms. The van der Waals surface area contributed by atoms with Crippen LogP contribution in [0.15, 0.2) is 47.3 Å². The topological polar surface area (TPSA) is 36.7 Å². The van der Waals surface area contributed by atoms with E-state index in [1.807, 2.05) is 30.7 Å². The second-order valence-electron chi connectivity index (χ2n) is 5.91. The van der Waals surface area contributed by atoms with Crippen LogP contribution in [0.2, 0.25) is 0 Å². The van der Waals surface area contributed by atoms with Gasteiger partial charge < -0.3 is 9.80 Å². The first-order chi connectivity index (χ1) is 11.2. The highest BCUT2D eigenvalue weighted by molar-refractivity contribution is 9.10. The fourth-order valence-corrected chi connectivity index (χ4v) is 3.27. The van der Waals surface area contributed by atoms with Crippen molar-refractivity contribution < 1.29 is 0 Å². The molecule has 5 nitrogen and oxygen atoms in total. The second kappa shape index (κ2) is 5.94. The molecule has 0 unspecified atom stereocenters. The van der Waals surface area contributed by atoms with Crippen LogP contribution in [0.1, 0.15) is 0 Å². The Morgan fingerprint density at radius 2 is 1.78 bits per heavy atom. The number of piperazine rings is 1. The lowest BCUT2D eigenvalue weighted by Crippen LogP contribution is -2.44. The fraction of sp³-hybridized carbons (Fsp3) is 0.294. The molecule has 4 heterocycles. The summed E-state index contributed by atoms with van der Waals surface area (Å²) >= 11 is 3.52. The van der Waals surface area contributed by atoms with Crippen LogP contribution in [0, 0.1) is 0 Å². The average molecular weight is 372 g/mol. The van der Waals surface area contributed by atoms with Crippen molar-refractivity contribution in [2.45, 2.75) is 0 Å². The van der Waals surface area contributed by atoms with Gasteiger partial charge in [-0.2, -0.15) is 0 Å². The Hall–Kier alpha value is -1.92. The summed E-state index contributed by atoms with van der Waals surface area (Å²) < 4.78 is 3.11. The molecule has 1 fully saturated rings. The van der Waals surface area contributed by atoms with Crippen LogP contribution in [0.3, 0.4) is 0 Å². The van der Waals surface area contributed by atoms with Gasteiger partial charge >= 0.3 is 0 Å². The first-order valence-corrected chi connectivity index (χ1v) is 8.52. The van der Waals surface area contributed by atoms with E-state index in [1.165, 1.54) is 0 Å². The Labute approximate surface area is 143 Å². The highest BCUT2D eigenvalue weighted by Crippen LogP contribution is 2.24. The van der Waals surface area contributed by atoms with Gasteiger partial charge in [-0.15, -0.1) is 0 Å². The van der Waals surface area contributed by atoms with Gasteiger partial charge in [0.15, 0.2) is 0 Å². The van der Waals surface area contributed by atoms with Gasteiger partial charge in [0.1, 0.15) is 11.5 Å². The van der Waals surface area contributed by atoms with E-state index in [1.54, 1.807) is 0 Å². The molecule has 0 saturated carbocycles. The SMILES string of the molecule is CN1CCN(c2ccc(-c3cnc4ccc(Br)cn34)cn2)CC1. The van der Waals surface area contributed by atoms with Crippen LogP contribution >= 0.6 is 15.9 Å². The Kier molecular flexibility index (Phi) is 3.79. The number of hydrogen-bond donors (Lipinski definition) is 0. The number of nitrogens with zero attached hydrogens (tertiary/aromatic N) is 5. The minimum atomic E-state index is 0.936. The molecule has 0 N–H and O–H groups in total. The molecule has 0 bridgehead atoms. The molecule has 0 amide bonds. The average Bonchev–Trinajstić information content (AvgIpc) is 2.99. The molecule has 1 saturated heterocycles. The molecule has 3 aromatic heterocycles. The first kappa shape index (κ1) is 14.7. The molecular weight excluding hydrogens is 354 g/mol. The lowest BCUT2D eigenvalue weighted by Gasteiger charge is -2.33. The largest absolute Gasteiger partial charge is 0.354 e. The van der Waals surface area contributed by atoms with E-state index < -0.39 is 0 Å². The normalized spacial score (nSPS) is 16.2. The predicted octanol–water partition coefficient (Wildman–Crippen LogP) is 2.91. The molecule has 0 atom stereocenters. The van der Waals surface area contributed by atoms with Crippen LogP contribution in [-0.2, 0) is 0 Å². The van der Waals surface area contributed by atoms with Gasteiger partial charge in [-0.1, -0.05) is 0 Å². The highest BCUT2D eigenvalue weighted by Gasteiger charge is 2.15. The van der Waals surface area contributed by atoms with Crippen molar-refractivity contribution in [3.8, 4) is 11.3 Å². The van der Waals surface area contributed by atoms with Gasteiger partial charge in [-0.05, 0) is 47.2 Å². The predicted molar refractivity (Wildman–Crippen MR) is 95.8 cm³/mol. The maximum atomic E-state index is 4.67. The third-order valence-electron chi connectivity index (χ3n) is 4.34. The molecule has 1 aliphatic heterocycles. The minimum Gasteiger partial charge on any atom is -0.354 e. The van der Waals surface area contributed by atoms with Crippen LogP contribution in [-0.4, -0.2) is 52.5 Å². The van der Waals surface area contributed by atoms with Crippen molar-refractivity contribution >= 4 is 27.4 Å².